The van der Waals surface area contributed by atoms with Gasteiger partial charge >= 0.3 is 0 Å². The number of ether oxygens (including phenoxy) is 1. The third-order valence-electron chi connectivity index (χ3n) is 2.33. The number of nitrogens with zero attached hydrogens (tertiary/aromatic N) is 2. The molecule has 5 nitrogen and oxygen atoms in total. The van der Waals surface area contributed by atoms with Crippen molar-refractivity contribution >= 4 is 6.21 Å². The second-order valence-corrected chi connectivity index (χ2v) is 3.38. The predicted octanol–water partition coefficient (Wildman–Crippen LogP) is 0.525. The lowest BCUT2D eigenvalue weighted by Crippen LogP contribution is -2.35. The Morgan fingerprint density at radius 2 is 2.19 bits per heavy atom. The van der Waals surface area contributed by atoms with Crippen LogP contribution in [0, 0.1) is 0 Å². The highest BCUT2D eigenvalue weighted by Crippen LogP contribution is 2.12. The van der Waals surface area contributed by atoms with Crippen molar-refractivity contribution in [1.82, 2.24) is 10.3 Å². The van der Waals surface area contributed by atoms with E-state index in [-0.39, 0.29) is 5.82 Å². The molecule has 0 unspecified atom stereocenters. The Kier molecular flexibility index (Phi) is 4.94. The first-order valence-electron chi connectivity index (χ1n) is 5.04. The first-order chi connectivity index (χ1) is 7.65. The molecule has 0 spiro atoms. The molecule has 3 N–H and O–H groups in total. The summed E-state index contributed by atoms with van der Waals surface area (Å²) in [7, 11) is 0. The van der Waals surface area contributed by atoms with Gasteiger partial charge in [0.05, 0.1) is 19.4 Å². The molecule has 1 fully saturated rings. The van der Waals surface area contributed by atoms with Crippen LogP contribution in [0.4, 0.5) is 4.39 Å². The molecule has 0 amide bonds. The number of aliphatic imine (C=N–C) groups is 1. The van der Waals surface area contributed by atoms with Crippen molar-refractivity contribution in [3.63, 3.8) is 0 Å². The number of hydrazine groups is 1. The topological polar surface area (TPSA) is 62.9 Å². The van der Waals surface area contributed by atoms with Crippen LogP contribution in [-0.2, 0) is 4.74 Å². The van der Waals surface area contributed by atoms with Gasteiger partial charge in [-0.25, -0.2) is 15.2 Å². The van der Waals surface area contributed by atoms with Crippen LogP contribution < -0.4 is 11.3 Å². The Morgan fingerprint density at radius 3 is 2.75 bits per heavy atom. The van der Waals surface area contributed by atoms with Crippen molar-refractivity contribution < 1.29 is 9.13 Å². The van der Waals surface area contributed by atoms with Crippen molar-refractivity contribution in [1.29, 1.82) is 0 Å². The number of halogens is 1. The van der Waals surface area contributed by atoms with E-state index in [2.05, 4.69) is 17.0 Å². The molecule has 0 aromatic heterocycles. The van der Waals surface area contributed by atoms with E-state index in [1.165, 1.54) is 0 Å². The Morgan fingerprint density at radius 1 is 1.56 bits per heavy atom. The lowest BCUT2D eigenvalue weighted by Gasteiger charge is -2.29. The highest BCUT2D eigenvalue weighted by Gasteiger charge is 2.13. The molecular formula is C10H17FN4O. The molecule has 1 aliphatic rings. The van der Waals surface area contributed by atoms with Crippen LogP contribution in [0.1, 0.15) is 6.92 Å². The van der Waals surface area contributed by atoms with Crippen LogP contribution in [0.5, 0.6) is 0 Å². The second kappa shape index (κ2) is 6.24. The zero-order valence-electron chi connectivity index (χ0n) is 9.37. The molecule has 0 aromatic carbocycles. The molecule has 0 atom stereocenters. The summed E-state index contributed by atoms with van der Waals surface area (Å²) in [6.07, 6.45) is 1.10. The average molecular weight is 228 g/mol. The number of rotatable bonds is 4. The van der Waals surface area contributed by atoms with E-state index >= 15 is 0 Å². The Labute approximate surface area is 94.4 Å². The number of allylic oxidation sites excluding steroid dienone is 2. The quantitative estimate of drug-likeness (QED) is 0.418. The van der Waals surface area contributed by atoms with Crippen molar-refractivity contribution in [2.24, 2.45) is 10.8 Å². The van der Waals surface area contributed by atoms with Gasteiger partial charge in [0, 0.05) is 18.8 Å². The minimum Gasteiger partial charge on any atom is -0.378 e. The van der Waals surface area contributed by atoms with Gasteiger partial charge in [-0.05, 0) is 6.92 Å². The minimum absolute atomic E-state index is 0.213. The van der Waals surface area contributed by atoms with E-state index in [1.54, 1.807) is 6.92 Å². The smallest absolute Gasteiger partial charge is 0.160 e. The Balaban J connectivity index is 2.63. The van der Waals surface area contributed by atoms with Crippen molar-refractivity contribution in [3.8, 4) is 0 Å². The summed E-state index contributed by atoms with van der Waals surface area (Å²) in [6.45, 7) is 7.82. The predicted molar refractivity (Wildman–Crippen MR) is 61.2 cm³/mol. The summed E-state index contributed by atoms with van der Waals surface area (Å²) >= 11 is 0. The molecule has 0 bridgehead atoms. The van der Waals surface area contributed by atoms with Crippen LogP contribution in [0.2, 0.25) is 0 Å². The Hall–Kier alpha value is -1.40. The van der Waals surface area contributed by atoms with Crippen molar-refractivity contribution in [2.45, 2.75) is 6.92 Å². The molecule has 90 valence electrons. The SMILES string of the molecule is C=C(/N=C\C(F)=C(/C)N1CCOCC1)NN. The van der Waals surface area contributed by atoms with Crippen LogP contribution in [0.3, 0.4) is 0 Å². The molecule has 1 aliphatic heterocycles. The van der Waals surface area contributed by atoms with Crippen LogP contribution in [0.25, 0.3) is 0 Å². The molecule has 0 aromatic rings. The molecular weight excluding hydrogens is 211 g/mol. The monoisotopic (exact) mass is 228 g/mol. The number of hydrogen-bond acceptors (Lipinski definition) is 5. The summed E-state index contributed by atoms with van der Waals surface area (Å²) in [5, 5.41) is 0. The third-order valence-corrected chi connectivity index (χ3v) is 2.33. The first kappa shape index (κ1) is 12.7. The summed E-state index contributed by atoms with van der Waals surface area (Å²) in [5.41, 5.74) is 2.78. The lowest BCUT2D eigenvalue weighted by atomic mass is 10.3. The summed E-state index contributed by atoms with van der Waals surface area (Å²) in [6, 6.07) is 0. The number of nitrogens with two attached hydrogens (primary N) is 1. The van der Waals surface area contributed by atoms with Gasteiger partial charge in [-0.3, -0.25) is 0 Å². The number of hydrogen-bond donors (Lipinski definition) is 2. The fraction of sp³-hybridized carbons (Fsp3) is 0.500. The second-order valence-electron chi connectivity index (χ2n) is 3.38. The molecule has 0 saturated carbocycles. The van der Waals surface area contributed by atoms with Gasteiger partial charge in [0.1, 0.15) is 5.82 Å². The molecule has 1 rings (SSSR count). The number of nitrogens with one attached hydrogen (secondary N) is 1. The van der Waals surface area contributed by atoms with E-state index in [1.807, 2.05) is 4.90 Å². The summed E-state index contributed by atoms with van der Waals surface area (Å²) in [4.78, 5) is 5.63. The zero-order valence-corrected chi connectivity index (χ0v) is 9.37. The summed E-state index contributed by atoms with van der Waals surface area (Å²) < 4.78 is 18.8. The molecule has 16 heavy (non-hydrogen) atoms. The van der Waals surface area contributed by atoms with E-state index in [9.17, 15) is 4.39 Å². The van der Waals surface area contributed by atoms with E-state index in [4.69, 9.17) is 10.6 Å². The highest BCUT2D eigenvalue weighted by atomic mass is 19.1. The molecule has 1 heterocycles. The van der Waals surface area contributed by atoms with Crippen LogP contribution >= 0.6 is 0 Å². The lowest BCUT2D eigenvalue weighted by molar-refractivity contribution is 0.0528. The number of morpholine rings is 1. The minimum atomic E-state index is -0.390. The molecule has 6 heteroatoms. The maximum atomic E-state index is 13.6. The standard InChI is InChI=1S/C10H17FN4O/c1-8(15-3-5-16-6-4-15)10(11)7-13-9(2)14-12/h7,14H,2-6,12H2,1H3/b10-8-,13-7-. The van der Waals surface area contributed by atoms with E-state index in [0.29, 0.717) is 32.0 Å². The third kappa shape index (κ3) is 3.63. The molecule has 0 radical (unpaired) electrons. The maximum Gasteiger partial charge on any atom is 0.160 e. The maximum absolute atomic E-state index is 13.6. The summed E-state index contributed by atoms with van der Waals surface area (Å²) in [5.74, 6) is 4.87. The van der Waals surface area contributed by atoms with Gasteiger partial charge < -0.3 is 15.1 Å². The zero-order chi connectivity index (χ0) is 12.0. The normalized spacial score (nSPS) is 18.6. The van der Waals surface area contributed by atoms with Gasteiger partial charge in [-0.15, -0.1) is 0 Å². The van der Waals surface area contributed by atoms with Crippen molar-refractivity contribution in [2.75, 3.05) is 26.3 Å². The first-order valence-corrected chi connectivity index (χ1v) is 5.04. The fourth-order valence-electron chi connectivity index (χ4n) is 1.32. The van der Waals surface area contributed by atoms with Crippen LogP contribution in [0.15, 0.2) is 28.9 Å². The molecule has 1 saturated heterocycles. The highest BCUT2D eigenvalue weighted by molar-refractivity contribution is 5.77. The van der Waals surface area contributed by atoms with Crippen LogP contribution in [-0.4, -0.2) is 37.4 Å². The van der Waals surface area contributed by atoms with Gasteiger partial charge in [0.2, 0.25) is 0 Å². The van der Waals surface area contributed by atoms with E-state index < -0.39 is 5.83 Å². The Bertz CT molecular complexity index is 308. The largest absolute Gasteiger partial charge is 0.378 e. The average Bonchev–Trinajstić information content (AvgIpc) is 2.35. The van der Waals surface area contributed by atoms with E-state index in [0.717, 1.165) is 6.21 Å². The van der Waals surface area contributed by atoms with Gasteiger partial charge in [0.15, 0.2) is 5.83 Å². The molecule has 0 aliphatic carbocycles. The van der Waals surface area contributed by atoms with Gasteiger partial charge in [-0.2, -0.15) is 0 Å². The fourth-order valence-corrected chi connectivity index (χ4v) is 1.32. The van der Waals surface area contributed by atoms with Gasteiger partial charge in [-0.1, -0.05) is 6.58 Å². The van der Waals surface area contributed by atoms with Gasteiger partial charge in [0.25, 0.3) is 0 Å². The van der Waals surface area contributed by atoms with Crippen molar-refractivity contribution in [3.05, 3.63) is 23.9 Å².